The van der Waals surface area contributed by atoms with Crippen LogP contribution < -0.4 is 4.74 Å². The van der Waals surface area contributed by atoms with Crippen molar-refractivity contribution < 1.29 is 14.3 Å². The molecule has 2 heterocycles. The molecule has 0 saturated carbocycles. The molecule has 0 aromatic heterocycles. The van der Waals surface area contributed by atoms with Crippen LogP contribution in [0.1, 0.15) is 32.3 Å². The standard InChI is InChI=1S/C18H25NO3/c1-3-14-4-6-16(7-5-14)21-12-18(20)19-9-8-17-15(11-19)10-13(2)22-17/h4-7,13,15,17H,3,8-12H2,1-2H3/t13-,15-,17+/m0/s1. The van der Waals surface area contributed by atoms with Crippen molar-refractivity contribution in [2.75, 3.05) is 19.7 Å². The summed E-state index contributed by atoms with van der Waals surface area (Å²) in [6, 6.07) is 7.96. The predicted molar refractivity (Wildman–Crippen MR) is 85.0 cm³/mol. The van der Waals surface area contributed by atoms with Gasteiger partial charge in [-0.25, -0.2) is 0 Å². The number of aryl methyl sites for hydroxylation is 1. The van der Waals surface area contributed by atoms with Crippen LogP contribution in [0.3, 0.4) is 0 Å². The molecule has 3 rings (SSSR count). The highest BCUT2D eigenvalue weighted by molar-refractivity contribution is 5.77. The second-order valence-corrected chi connectivity index (χ2v) is 6.40. The molecule has 1 aromatic rings. The summed E-state index contributed by atoms with van der Waals surface area (Å²) in [5, 5.41) is 0. The summed E-state index contributed by atoms with van der Waals surface area (Å²) in [7, 11) is 0. The van der Waals surface area contributed by atoms with E-state index in [1.165, 1.54) is 5.56 Å². The minimum absolute atomic E-state index is 0.0811. The quantitative estimate of drug-likeness (QED) is 0.858. The Labute approximate surface area is 132 Å². The zero-order chi connectivity index (χ0) is 15.5. The van der Waals surface area contributed by atoms with E-state index in [2.05, 4.69) is 13.8 Å². The van der Waals surface area contributed by atoms with Crippen molar-refractivity contribution in [2.24, 2.45) is 5.92 Å². The molecule has 2 aliphatic heterocycles. The van der Waals surface area contributed by atoms with Crippen molar-refractivity contribution in [1.29, 1.82) is 0 Å². The number of ether oxygens (including phenoxy) is 2. The van der Waals surface area contributed by atoms with Crippen LogP contribution in [0.2, 0.25) is 0 Å². The molecule has 2 fully saturated rings. The van der Waals surface area contributed by atoms with Gasteiger partial charge in [0.15, 0.2) is 6.61 Å². The number of piperidine rings is 1. The average molecular weight is 303 g/mol. The number of likely N-dealkylation sites (tertiary alicyclic amines) is 1. The van der Waals surface area contributed by atoms with Crippen LogP contribution in [0.4, 0.5) is 0 Å². The first-order valence-electron chi connectivity index (χ1n) is 8.30. The van der Waals surface area contributed by atoms with E-state index in [1.807, 2.05) is 29.2 Å². The van der Waals surface area contributed by atoms with Crippen LogP contribution in [0.5, 0.6) is 5.75 Å². The molecule has 22 heavy (non-hydrogen) atoms. The van der Waals surface area contributed by atoms with E-state index < -0.39 is 0 Å². The highest BCUT2D eigenvalue weighted by atomic mass is 16.5. The van der Waals surface area contributed by atoms with Crippen LogP contribution in [-0.4, -0.2) is 42.7 Å². The number of fused-ring (bicyclic) bond motifs is 1. The Balaban J connectivity index is 1.49. The van der Waals surface area contributed by atoms with E-state index in [4.69, 9.17) is 9.47 Å². The number of nitrogens with zero attached hydrogens (tertiary/aromatic N) is 1. The normalized spacial score (nSPS) is 27.5. The molecule has 4 heteroatoms. The van der Waals surface area contributed by atoms with Gasteiger partial charge in [0.25, 0.3) is 5.91 Å². The fourth-order valence-corrected chi connectivity index (χ4v) is 3.48. The van der Waals surface area contributed by atoms with E-state index >= 15 is 0 Å². The lowest BCUT2D eigenvalue weighted by Crippen LogP contribution is -2.46. The molecular formula is C18H25NO3. The van der Waals surface area contributed by atoms with Gasteiger partial charge in [-0.1, -0.05) is 19.1 Å². The summed E-state index contributed by atoms with van der Waals surface area (Å²) >= 11 is 0. The zero-order valence-electron chi connectivity index (χ0n) is 13.5. The number of hydrogen-bond acceptors (Lipinski definition) is 3. The Bertz CT molecular complexity index is 514. The maximum absolute atomic E-state index is 12.3. The van der Waals surface area contributed by atoms with Gasteiger partial charge in [0.1, 0.15) is 5.75 Å². The fraction of sp³-hybridized carbons (Fsp3) is 0.611. The van der Waals surface area contributed by atoms with Crippen molar-refractivity contribution in [3.8, 4) is 5.75 Å². The molecule has 2 aliphatic rings. The Morgan fingerprint density at radius 3 is 2.86 bits per heavy atom. The third-order valence-corrected chi connectivity index (χ3v) is 4.75. The van der Waals surface area contributed by atoms with Gasteiger partial charge in [-0.3, -0.25) is 4.79 Å². The molecule has 1 aromatic carbocycles. The second-order valence-electron chi connectivity index (χ2n) is 6.40. The van der Waals surface area contributed by atoms with Crippen molar-refractivity contribution in [2.45, 2.75) is 45.3 Å². The number of rotatable bonds is 4. The van der Waals surface area contributed by atoms with E-state index in [9.17, 15) is 4.79 Å². The molecular weight excluding hydrogens is 278 g/mol. The van der Waals surface area contributed by atoms with Crippen LogP contribution in [0.25, 0.3) is 0 Å². The SMILES string of the molecule is CCc1ccc(OCC(=O)N2CC[C@H]3O[C@@H](C)C[C@H]3C2)cc1. The topological polar surface area (TPSA) is 38.8 Å². The smallest absolute Gasteiger partial charge is 0.260 e. The molecule has 0 bridgehead atoms. The minimum Gasteiger partial charge on any atom is -0.484 e. The maximum atomic E-state index is 12.3. The first-order chi connectivity index (χ1) is 10.7. The zero-order valence-corrected chi connectivity index (χ0v) is 13.5. The molecule has 1 amide bonds. The van der Waals surface area contributed by atoms with E-state index in [1.54, 1.807) is 0 Å². The van der Waals surface area contributed by atoms with Crippen LogP contribution >= 0.6 is 0 Å². The fourth-order valence-electron chi connectivity index (χ4n) is 3.48. The number of carbonyl (C=O) groups is 1. The van der Waals surface area contributed by atoms with E-state index in [0.29, 0.717) is 18.1 Å². The average Bonchev–Trinajstić information content (AvgIpc) is 2.92. The third-order valence-electron chi connectivity index (χ3n) is 4.75. The van der Waals surface area contributed by atoms with Gasteiger partial charge in [-0.05, 0) is 43.9 Å². The molecule has 0 unspecified atom stereocenters. The van der Waals surface area contributed by atoms with Crippen LogP contribution in [0.15, 0.2) is 24.3 Å². The Morgan fingerprint density at radius 2 is 2.14 bits per heavy atom. The summed E-state index contributed by atoms with van der Waals surface area (Å²) in [5.41, 5.74) is 1.27. The van der Waals surface area contributed by atoms with Gasteiger partial charge in [0, 0.05) is 19.0 Å². The minimum atomic E-state index is 0.0811. The predicted octanol–water partition coefficient (Wildman–Crippen LogP) is 2.65. The number of hydrogen-bond donors (Lipinski definition) is 0. The first kappa shape index (κ1) is 15.3. The summed E-state index contributed by atoms with van der Waals surface area (Å²) < 4.78 is 11.5. The molecule has 120 valence electrons. The number of amides is 1. The van der Waals surface area contributed by atoms with Gasteiger partial charge in [-0.15, -0.1) is 0 Å². The van der Waals surface area contributed by atoms with Gasteiger partial charge >= 0.3 is 0 Å². The summed E-state index contributed by atoms with van der Waals surface area (Å²) in [5.74, 6) is 1.34. The lowest BCUT2D eigenvalue weighted by molar-refractivity contribution is -0.136. The summed E-state index contributed by atoms with van der Waals surface area (Å²) in [6.45, 7) is 5.96. The van der Waals surface area contributed by atoms with Gasteiger partial charge in [0.2, 0.25) is 0 Å². The number of benzene rings is 1. The van der Waals surface area contributed by atoms with Crippen molar-refractivity contribution in [1.82, 2.24) is 4.90 Å². The van der Waals surface area contributed by atoms with Crippen molar-refractivity contribution >= 4 is 5.91 Å². The molecule has 0 spiro atoms. The Hall–Kier alpha value is -1.55. The maximum Gasteiger partial charge on any atom is 0.260 e. The number of carbonyl (C=O) groups excluding carboxylic acids is 1. The molecule has 3 atom stereocenters. The highest BCUT2D eigenvalue weighted by Crippen LogP contribution is 2.32. The van der Waals surface area contributed by atoms with Crippen molar-refractivity contribution in [3.05, 3.63) is 29.8 Å². The monoisotopic (exact) mass is 303 g/mol. The largest absolute Gasteiger partial charge is 0.484 e. The van der Waals surface area contributed by atoms with Crippen LogP contribution in [-0.2, 0) is 16.0 Å². The first-order valence-corrected chi connectivity index (χ1v) is 8.30. The van der Waals surface area contributed by atoms with Gasteiger partial charge < -0.3 is 14.4 Å². The third kappa shape index (κ3) is 3.43. The molecule has 0 aliphatic carbocycles. The second kappa shape index (κ2) is 6.69. The highest BCUT2D eigenvalue weighted by Gasteiger charge is 2.38. The van der Waals surface area contributed by atoms with E-state index in [-0.39, 0.29) is 12.5 Å². The van der Waals surface area contributed by atoms with Crippen LogP contribution in [0, 0.1) is 5.92 Å². The van der Waals surface area contributed by atoms with E-state index in [0.717, 1.165) is 38.1 Å². The molecule has 2 saturated heterocycles. The molecule has 4 nitrogen and oxygen atoms in total. The Kier molecular flexibility index (Phi) is 4.67. The lowest BCUT2D eigenvalue weighted by atomic mass is 9.93. The van der Waals surface area contributed by atoms with Gasteiger partial charge in [0.05, 0.1) is 12.2 Å². The Morgan fingerprint density at radius 1 is 1.36 bits per heavy atom. The summed E-state index contributed by atoms with van der Waals surface area (Å²) in [4.78, 5) is 14.3. The molecule has 0 radical (unpaired) electrons. The van der Waals surface area contributed by atoms with Crippen molar-refractivity contribution in [3.63, 3.8) is 0 Å². The van der Waals surface area contributed by atoms with Gasteiger partial charge in [-0.2, -0.15) is 0 Å². The lowest BCUT2D eigenvalue weighted by Gasteiger charge is -2.34. The summed E-state index contributed by atoms with van der Waals surface area (Å²) in [6.07, 6.45) is 3.70. The molecule has 0 N–H and O–H groups in total.